The lowest BCUT2D eigenvalue weighted by atomic mass is 9.46. The van der Waals surface area contributed by atoms with Crippen LogP contribution in [0.1, 0.15) is 63.4 Å². The van der Waals surface area contributed by atoms with Gasteiger partial charge in [-0.3, -0.25) is 9.59 Å². The van der Waals surface area contributed by atoms with Crippen molar-refractivity contribution in [1.29, 1.82) is 0 Å². The molecule has 0 bridgehead atoms. The second-order valence-corrected chi connectivity index (χ2v) is 13.8. The van der Waals surface area contributed by atoms with Gasteiger partial charge in [-0.25, -0.2) is 4.39 Å². The minimum absolute atomic E-state index is 0.0514. The largest absolute Gasteiger partial charge is 0.496 e. The van der Waals surface area contributed by atoms with Gasteiger partial charge in [0.2, 0.25) is 0 Å². The number of rotatable bonds is 8. The van der Waals surface area contributed by atoms with E-state index in [9.17, 15) is 34.4 Å². The SMILES string of the molecule is CC12C=CC(=O)C=C1CCC1C2C(O)CC2(C)C(C(=O)CO)CCC12.COc1ccc(OCCc2ccc(N)cc2)c(F)c1C(O)O. The number of benzene rings is 2. The molecule has 6 N–H and O–H groups in total. The van der Waals surface area contributed by atoms with Gasteiger partial charge >= 0.3 is 0 Å². The number of anilines is 1. The summed E-state index contributed by atoms with van der Waals surface area (Å²) in [5.74, 6) is -0.110. The predicted octanol–water partition coefficient (Wildman–Crippen LogP) is 4.46. The van der Waals surface area contributed by atoms with Crippen LogP contribution in [0.25, 0.3) is 0 Å². The van der Waals surface area contributed by atoms with Crippen molar-refractivity contribution in [3.8, 4) is 11.5 Å². The number of methoxy groups -OCH3 is 1. The first-order valence-corrected chi connectivity index (χ1v) is 16.3. The zero-order chi connectivity index (χ0) is 34.1. The molecule has 254 valence electrons. The molecule has 3 fully saturated rings. The van der Waals surface area contributed by atoms with Gasteiger partial charge in [0, 0.05) is 29.4 Å². The molecule has 7 atom stereocenters. The highest BCUT2D eigenvalue weighted by Crippen LogP contribution is 2.66. The number of aliphatic hydroxyl groups is 4. The van der Waals surface area contributed by atoms with E-state index >= 15 is 0 Å². The number of hydrogen-bond donors (Lipinski definition) is 5. The van der Waals surface area contributed by atoms with Gasteiger partial charge < -0.3 is 35.6 Å². The summed E-state index contributed by atoms with van der Waals surface area (Å²) in [5, 5.41) is 39.0. The number of ketones is 2. The molecule has 0 spiro atoms. The van der Waals surface area contributed by atoms with Crippen molar-refractivity contribution in [2.75, 3.05) is 26.1 Å². The third kappa shape index (κ3) is 6.61. The van der Waals surface area contributed by atoms with Crippen molar-refractivity contribution in [3.63, 3.8) is 0 Å². The Morgan fingerprint density at radius 1 is 1.09 bits per heavy atom. The van der Waals surface area contributed by atoms with E-state index in [0.717, 1.165) is 36.8 Å². The van der Waals surface area contributed by atoms with E-state index in [2.05, 4.69) is 13.8 Å². The molecular formula is C37H46FNO8. The van der Waals surface area contributed by atoms with Crippen molar-refractivity contribution >= 4 is 17.3 Å². The molecule has 4 aliphatic rings. The Hall–Kier alpha value is -3.57. The first-order valence-electron chi connectivity index (χ1n) is 16.3. The fraction of sp³-hybridized carbons (Fsp3) is 0.514. The molecule has 0 heterocycles. The lowest BCUT2D eigenvalue weighted by Gasteiger charge is -2.58. The maximum atomic E-state index is 14.2. The van der Waals surface area contributed by atoms with Crippen LogP contribution in [0.4, 0.5) is 10.1 Å². The van der Waals surface area contributed by atoms with Crippen LogP contribution in [0.2, 0.25) is 0 Å². The van der Waals surface area contributed by atoms with Crippen LogP contribution in [0.15, 0.2) is 60.2 Å². The van der Waals surface area contributed by atoms with E-state index in [0.29, 0.717) is 30.4 Å². The maximum Gasteiger partial charge on any atom is 0.185 e. The molecule has 6 rings (SSSR count). The van der Waals surface area contributed by atoms with Crippen molar-refractivity contribution < 1.29 is 43.9 Å². The number of hydrogen-bond acceptors (Lipinski definition) is 9. The Morgan fingerprint density at radius 3 is 2.45 bits per heavy atom. The highest BCUT2D eigenvalue weighted by Gasteiger charge is 2.62. The van der Waals surface area contributed by atoms with Crippen LogP contribution < -0.4 is 15.2 Å². The van der Waals surface area contributed by atoms with Gasteiger partial charge in [0.1, 0.15) is 12.4 Å². The number of nitrogens with two attached hydrogens (primary N) is 1. The summed E-state index contributed by atoms with van der Waals surface area (Å²) in [5.41, 5.74) is 7.62. The minimum Gasteiger partial charge on any atom is -0.496 e. The minimum atomic E-state index is -1.98. The summed E-state index contributed by atoms with van der Waals surface area (Å²) >= 11 is 0. The monoisotopic (exact) mass is 651 g/mol. The number of Topliss-reactive ketones (excluding diaryl/α,β-unsaturated/α-hetero) is 1. The Labute approximate surface area is 274 Å². The Balaban J connectivity index is 0.000000186. The normalized spacial score (nSPS) is 30.8. The molecule has 4 aliphatic carbocycles. The number of carbonyl (C=O) groups excluding carboxylic acids is 2. The first-order chi connectivity index (χ1) is 22.3. The maximum absolute atomic E-state index is 14.2. The molecule has 0 radical (unpaired) electrons. The summed E-state index contributed by atoms with van der Waals surface area (Å²) in [7, 11) is 1.32. The van der Waals surface area contributed by atoms with Crippen molar-refractivity contribution in [2.45, 2.75) is 64.8 Å². The van der Waals surface area contributed by atoms with Crippen LogP contribution in [-0.4, -0.2) is 58.4 Å². The Morgan fingerprint density at radius 2 is 1.79 bits per heavy atom. The second-order valence-electron chi connectivity index (χ2n) is 13.8. The second kappa shape index (κ2) is 13.9. The molecule has 9 nitrogen and oxygen atoms in total. The van der Waals surface area contributed by atoms with Gasteiger partial charge in [0.25, 0.3) is 0 Å². The molecule has 10 heteroatoms. The highest BCUT2D eigenvalue weighted by molar-refractivity contribution is 6.01. The number of halogens is 1. The van der Waals surface area contributed by atoms with Gasteiger partial charge in [0.05, 0.1) is 25.4 Å². The molecular weight excluding hydrogens is 605 g/mol. The molecule has 2 aromatic carbocycles. The molecule has 0 saturated heterocycles. The van der Waals surface area contributed by atoms with Gasteiger partial charge in [-0.15, -0.1) is 0 Å². The van der Waals surface area contributed by atoms with Crippen LogP contribution in [-0.2, 0) is 16.0 Å². The van der Waals surface area contributed by atoms with Crippen molar-refractivity contribution in [1.82, 2.24) is 0 Å². The lowest BCUT2D eigenvalue weighted by Crippen LogP contribution is -2.56. The molecule has 0 aliphatic heterocycles. The average Bonchev–Trinajstić information content (AvgIpc) is 3.38. The van der Waals surface area contributed by atoms with E-state index in [-0.39, 0.29) is 57.9 Å². The molecule has 7 unspecified atom stereocenters. The summed E-state index contributed by atoms with van der Waals surface area (Å²) < 4.78 is 24.5. The number of carbonyl (C=O) groups is 2. The predicted molar refractivity (Wildman–Crippen MR) is 174 cm³/mol. The Kier molecular flexibility index (Phi) is 10.3. The fourth-order valence-electron chi connectivity index (χ4n) is 9.01. The summed E-state index contributed by atoms with van der Waals surface area (Å²) in [6.07, 6.45) is 7.85. The summed E-state index contributed by atoms with van der Waals surface area (Å²) in [6, 6.07) is 10.1. The third-order valence-electron chi connectivity index (χ3n) is 11.2. The zero-order valence-electron chi connectivity index (χ0n) is 27.2. The number of fused-ring (bicyclic) bond motifs is 5. The van der Waals surface area contributed by atoms with E-state index in [1.807, 2.05) is 18.2 Å². The standard InChI is InChI=1S/C21H28O4.C16H18FNO4/c1-20-8-7-13(23)9-12(20)3-4-14-15-5-6-16(18(25)11-22)21(15,2)10-17(24)19(14)20;1-21-12-6-7-13(15(17)14(12)16(19)20)22-9-8-10-2-4-11(18)5-3-10/h7-9,14-17,19,22,24H,3-6,10-11H2,1-2H3;2-7,16,19-20H,8-9,18H2,1H3. The van der Waals surface area contributed by atoms with Gasteiger partial charge in [0.15, 0.2) is 29.4 Å². The smallest absolute Gasteiger partial charge is 0.185 e. The fourth-order valence-corrected chi connectivity index (χ4v) is 9.01. The number of aliphatic hydroxyl groups excluding tert-OH is 3. The quantitative estimate of drug-likeness (QED) is 0.205. The summed E-state index contributed by atoms with van der Waals surface area (Å²) in [4.78, 5) is 24.1. The molecule has 0 amide bonds. The number of ether oxygens (including phenoxy) is 2. The first kappa shape index (κ1) is 34.8. The third-order valence-corrected chi connectivity index (χ3v) is 11.2. The molecule has 47 heavy (non-hydrogen) atoms. The van der Waals surface area contributed by atoms with Gasteiger partial charge in [-0.1, -0.05) is 37.6 Å². The van der Waals surface area contributed by atoms with Crippen LogP contribution in [0.3, 0.4) is 0 Å². The van der Waals surface area contributed by atoms with E-state index < -0.39 is 24.8 Å². The summed E-state index contributed by atoms with van der Waals surface area (Å²) in [6.45, 7) is 4.16. The number of nitrogen functional groups attached to an aromatic ring is 1. The molecule has 2 aromatic rings. The van der Waals surface area contributed by atoms with Crippen molar-refractivity contribution in [2.24, 2.45) is 34.5 Å². The van der Waals surface area contributed by atoms with Gasteiger partial charge in [-0.2, -0.15) is 0 Å². The lowest BCUT2D eigenvalue weighted by molar-refractivity contribution is -0.141. The van der Waals surface area contributed by atoms with Crippen LogP contribution in [0.5, 0.6) is 11.5 Å². The van der Waals surface area contributed by atoms with Gasteiger partial charge in [-0.05, 0) is 91.3 Å². The highest BCUT2D eigenvalue weighted by atomic mass is 19.1. The van der Waals surface area contributed by atoms with E-state index in [1.54, 1.807) is 24.3 Å². The molecule has 3 saturated carbocycles. The zero-order valence-corrected chi connectivity index (χ0v) is 27.2. The van der Waals surface area contributed by atoms with E-state index in [1.165, 1.54) is 19.2 Å². The Bertz CT molecular complexity index is 1540. The number of allylic oxidation sites excluding steroid dienone is 4. The van der Waals surface area contributed by atoms with Crippen LogP contribution >= 0.6 is 0 Å². The molecule has 0 aromatic heterocycles. The van der Waals surface area contributed by atoms with Crippen LogP contribution in [0, 0.1) is 40.3 Å². The van der Waals surface area contributed by atoms with Crippen molar-refractivity contribution in [3.05, 3.63) is 77.1 Å². The van der Waals surface area contributed by atoms with E-state index in [4.69, 9.17) is 15.2 Å². The average molecular weight is 652 g/mol. The topological polar surface area (TPSA) is 160 Å².